The van der Waals surface area contributed by atoms with Crippen LogP contribution in [0.2, 0.25) is 5.02 Å². The maximum Gasteiger partial charge on any atom is 0.126 e. The summed E-state index contributed by atoms with van der Waals surface area (Å²) in [5, 5.41) is 3.59. The van der Waals surface area contributed by atoms with Crippen LogP contribution in [-0.2, 0) is 6.42 Å². The minimum Gasteiger partial charge on any atom is -0.389 e. The maximum atomic E-state index is 13.0. The van der Waals surface area contributed by atoms with E-state index in [0.29, 0.717) is 29.1 Å². The van der Waals surface area contributed by atoms with Gasteiger partial charge in [0.25, 0.3) is 0 Å². The first kappa shape index (κ1) is 15.7. The van der Waals surface area contributed by atoms with Crippen LogP contribution in [-0.4, -0.2) is 11.5 Å². The number of halogens is 3. The van der Waals surface area contributed by atoms with Crippen molar-refractivity contribution in [2.75, 3.05) is 11.9 Å². The molecule has 0 heterocycles. The predicted octanol–water partition coefficient (Wildman–Crippen LogP) is 3.91. The van der Waals surface area contributed by atoms with E-state index in [-0.39, 0.29) is 4.99 Å². The molecule has 0 atom stereocenters. The number of benzene rings is 2. The third-order valence-corrected chi connectivity index (χ3v) is 3.43. The summed E-state index contributed by atoms with van der Waals surface area (Å²) in [4.78, 5) is 0.238. The Labute approximate surface area is 131 Å². The maximum absolute atomic E-state index is 13.0. The van der Waals surface area contributed by atoms with Gasteiger partial charge in [-0.05, 0) is 42.3 Å². The first-order valence-electron chi connectivity index (χ1n) is 6.24. The van der Waals surface area contributed by atoms with Crippen LogP contribution in [0.5, 0.6) is 0 Å². The lowest BCUT2D eigenvalue weighted by atomic mass is 10.1. The highest BCUT2D eigenvalue weighted by atomic mass is 35.5. The largest absolute Gasteiger partial charge is 0.389 e. The number of anilines is 1. The number of rotatable bonds is 5. The second-order valence-electron chi connectivity index (χ2n) is 4.51. The molecule has 0 aliphatic heterocycles. The first-order valence-corrected chi connectivity index (χ1v) is 7.02. The van der Waals surface area contributed by atoms with Crippen molar-refractivity contribution >= 4 is 34.5 Å². The van der Waals surface area contributed by atoms with Crippen LogP contribution in [0.15, 0.2) is 36.4 Å². The first-order chi connectivity index (χ1) is 9.95. The van der Waals surface area contributed by atoms with Gasteiger partial charge in [0.05, 0.1) is 5.02 Å². The topological polar surface area (TPSA) is 38.0 Å². The molecule has 0 fully saturated rings. The summed E-state index contributed by atoms with van der Waals surface area (Å²) >= 11 is 10.9. The van der Waals surface area contributed by atoms with Gasteiger partial charge in [0.1, 0.15) is 16.6 Å². The lowest BCUT2D eigenvalue weighted by molar-refractivity contribution is 0.580. The Morgan fingerprint density at radius 1 is 1.14 bits per heavy atom. The summed E-state index contributed by atoms with van der Waals surface area (Å²) in [5.41, 5.74) is 7.52. The molecule has 2 nitrogen and oxygen atoms in total. The van der Waals surface area contributed by atoms with Gasteiger partial charge in [-0.2, -0.15) is 0 Å². The standard InChI is InChI=1S/C15H13ClF2N2S/c16-14-8-12(1-2-13(14)15(19)21)20-4-3-9-5-10(17)7-11(18)6-9/h1-2,5-8,20H,3-4H2,(H2,19,21). The molecule has 2 rings (SSSR count). The molecule has 110 valence electrons. The Morgan fingerprint density at radius 2 is 1.81 bits per heavy atom. The van der Waals surface area contributed by atoms with E-state index in [1.165, 1.54) is 12.1 Å². The summed E-state index contributed by atoms with van der Waals surface area (Å²) in [6, 6.07) is 8.72. The SMILES string of the molecule is NC(=S)c1ccc(NCCc2cc(F)cc(F)c2)cc1Cl. The Balaban J connectivity index is 1.97. The number of nitrogens with two attached hydrogens (primary N) is 1. The Hall–Kier alpha value is -1.72. The van der Waals surface area contributed by atoms with E-state index in [0.717, 1.165) is 11.8 Å². The zero-order valence-electron chi connectivity index (χ0n) is 11.0. The fourth-order valence-electron chi connectivity index (χ4n) is 1.93. The molecule has 0 spiro atoms. The van der Waals surface area contributed by atoms with Crippen molar-refractivity contribution in [1.82, 2.24) is 0 Å². The molecule has 0 aromatic heterocycles. The number of thiocarbonyl (C=S) groups is 1. The van der Waals surface area contributed by atoms with Crippen LogP contribution in [0.4, 0.5) is 14.5 Å². The van der Waals surface area contributed by atoms with Gasteiger partial charge in [-0.1, -0.05) is 23.8 Å². The quantitative estimate of drug-likeness (QED) is 0.818. The lowest BCUT2D eigenvalue weighted by Gasteiger charge is -2.09. The zero-order chi connectivity index (χ0) is 15.4. The third kappa shape index (κ3) is 4.37. The molecule has 2 aromatic rings. The monoisotopic (exact) mass is 326 g/mol. The molecule has 0 amide bonds. The van der Waals surface area contributed by atoms with Crippen molar-refractivity contribution in [3.05, 3.63) is 64.2 Å². The third-order valence-electron chi connectivity index (χ3n) is 2.90. The van der Waals surface area contributed by atoms with E-state index in [9.17, 15) is 8.78 Å². The zero-order valence-corrected chi connectivity index (χ0v) is 12.6. The van der Waals surface area contributed by atoms with Crippen molar-refractivity contribution in [2.45, 2.75) is 6.42 Å². The second-order valence-corrected chi connectivity index (χ2v) is 5.36. The van der Waals surface area contributed by atoms with E-state index in [1.54, 1.807) is 18.2 Å². The van der Waals surface area contributed by atoms with Gasteiger partial charge in [-0.15, -0.1) is 0 Å². The van der Waals surface area contributed by atoms with E-state index in [2.05, 4.69) is 5.32 Å². The highest BCUT2D eigenvalue weighted by molar-refractivity contribution is 7.80. The minimum absolute atomic E-state index is 0.238. The predicted molar refractivity (Wildman–Crippen MR) is 85.9 cm³/mol. The minimum atomic E-state index is -0.575. The van der Waals surface area contributed by atoms with E-state index in [1.807, 2.05) is 0 Å². The molecule has 21 heavy (non-hydrogen) atoms. The van der Waals surface area contributed by atoms with Crippen LogP contribution in [0.3, 0.4) is 0 Å². The molecule has 0 saturated heterocycles. The van der Waals surface area contributed by atoms with Crippen molar-refractivity contribution in [2.24, 2.45) is 5.73 Å². The molecular weight excluding hydrogens is 314 g/mol. The number of nitrogens with one attached hydrogen (secondary N) is 1. The Kier molecular flexibility index (Phi) is 5.09. The summed E-state index contributed by atoms with van der Waals surface area (Å²) in [7, 11) is 0. The highest BCUT2D eigenvalue weighted by Crippen LogP contribution is 2.21. The number of hydrogen-bond donors (Lipinski definition) is 2. The fourth-order valence-corrected chi connectivity index (χ4v) is 2.45. The van der Waals surface area contributed by atoms with Gasteiger partial charge in [0.2, 0.25) is 0 Å². The van der Waals surface area contributed by atoms with Crippen molar-refractivity contribution in [1.29, 1.82) is 0 Å². The van der Waals surface area contributed by atoms with Gasteiger partial charge in [0.15, 0.2) is 0 Å². The molecule has 0 unspecified atom stereocenters. The molecule has 6 heteroatoms. The molecule has 0 bridgehead atoms. The van der Waals surface area contributed by atoms with Crippen molar-refractivity contribution in [3.8, 4) is 0 Å². The van der Waals surface area contributed by atoms with Gasteiger partial charge < -0.3 is 11.1 Å². The highest BCUT2D eigenvalue weighted by Gasteiger charge is 2.05. The lowest BCUT2D eigenvalue weighted by Crippen LogP contribution is -2.10. The molecule has 3 N–H and O–H groups in total. The number of hydrogen-bond acceptors (Lipinski definition) is 2. The van der Waals surface area contributed by atoms with Crippen LogP contribution in [0.25, 0.3) is 0 Å². The molecular formula is C15H13ClF2N2S. The summed E-state index contributed by atoms with van der Waals surface area (Å²) in [5.74, 6) is -1.15. The Bertz CT molecular complexity index is 656. The Morgan fingerprint density at radius 3 is 2.38 bits per heavy atom. The van der Waals surface area contributed by atoms with Gasteiger partial charge in [-0.3, -0.25) is 0 Å². The van der Waals surface area contributed by atoms with Crippen LogP contribution in [0, 0.1) is 11.6 Å². The molecule has 0 aliphatic rings. The van der Waals surface area contributed by atoms with Gasteiger partial charge in [0, 0.05) is 23.9 Å². The average Bonchev–Trinajstić information content (AvgIpc) is 2.37. The average molecular weight is 327 g/mol. The van der Waals surface area contributed by atoms with Crippen molar-refractivity contribution in [3.63, 3.8) is 0 Å². The molecule has 0 radical (unpaired) electrons. The van der Waals surface area contributed by atoms with Gasteiger partial charge >= 0.3 is 0 Å². The van der Waals surface area contributed by atoms with E-state index < -0.39 is 11.6 Å². The van der Waals surface area contributed by atoms with Crippen LogP contribution in [0.1, 0.15) is 11.1 Å². The van der Waals surface area contributed by atoms with E-state index >= 15 is 0 Å². The van der Waals surface area contributed by atoms with Crippen LogP contribution < -0.4 is 11.1 Å². The van der Waals surface area contributed by atoms with Gasteiger partial charge in [-0.25, -0.2) is 8.78 Å². The second kappa shape index (κ2) is 6.83. The molecule has 0 aliphatic carbocycles. The van der Waals surface area contributed by atoms with Crippen LogP contribution >= 0.6 is 23.8 Å². The molecule has 0 saturated carbocycles. The smallest absolute Gasteiger partial charge is 0.126 e. The summed E-state index contributed by atoms with van der Waals surface area (Å²) in [6.07, 6.45) is 0.489. The normalized spacial score (nSPS) is 10.4. The fraction of sp³-hybridized carbons (Fsp3) is 0.133. The molecule has 2 aromatic carbocycles. The van der Waals surface area contributed by atoms with E-state index in [4.69, 9.17) is 29.6 Å². The van der Waals surface area contributed by atoms with Crippen molar-refractivity contribution < 1.29 is 8.78 Å². The summed E-state index contributed by atoms with van der Waals surface area (Å²) < 4.78 is 26.1. The summed E-state index contributed by atoms with van der Waals surface area (Å²) in [6.45, 7) is 0.519.